The maximum Gasteiger partial charge on any atom is 0.262 e. The predicted octanol–water partition coefficient (Wildman–Crippen LogP) is 0.854. The van der Waals surface area contributed by atoms with Gasteiger partial charge in [-0.25, -0.2) is 0 Å². The molecule has 0 aromatic heterocycles. The molecule has 1 aromatic rings. The Balaban J connectivity index is 1.93. The molecule has 6 nitrogen and oxygen atoms in total. The average Bonchev–Trinajstić information content (AvgIpc) is 2.72. The predicted molar refractivity (Wildman–Crippen MR) is 76.8 cm³/mol. The van der Waals surface area contributed by atoms with Crippen molar-refractivity contribution in [1.82, 2.24) is 10.2 Å². The molecular weight excluding hydrogens is 284 g/mol. The van der Waals surface area contributed by atoms with Gasteiger partial charge < -0.3 is 0 Å². The molecule has 1 saturated heterocycles. The van der Waals surface area contributed by atoms with E-state index in [0.29, 0.717) is 17.5 Å². The van der Waals surface area contributed by atoms with Crippen LogP contribution in [0.1, 0.15) is 46.0 Å². The van der Waals surface area contributed by atoms with Gasteiger partial charge in [-0.1, -0.05) is 13.0 Å². The third kappa shape index (κ3) is 2.20. The molecule has 1 N–H and O–H groups in total. The van der Waals surface area contributed by atoms with Gasteiger partial charge in [-0.2, -0.15) is 0 Å². The molecular formula is C16H15N2O4. The normalized spacial score (nSPS) is 21.1. The van der Waals surface area contributed by atoms with Crippen molar-refractivity contribution < 1.29 is 19.2 Å². The number of imide groups is 2. The van der Waals surface area contributed by atoms with Crippen molar-refractivity contribution in [3.8, 4) is 0 Å². The molecule has 2 heterocycles. The molecule has 0 bridgehead atoms. The van der Waals surface area contributed by atoms with Crippen LogP contribution in [0.2, 0.25) is 0 Å². The van der Waals surface area contributed by atoms with E-state index >= 15 is 0 Å². The number of fused-ring (bicyclic) bond motifs is 1. The van der Waals surface area contributed by atoms with Crippen LogP contribution in [0.3, 0.4) is 0 Å². The largest absolute Gasteiger partial charge is 0.295 e. The summed E-state index contributed by atoms with van der Waals surface area (Å²) in [6, 6.07) is 4.21. The number of nitrogens with zero attached hydrogens (tertiary/aromatic N) is 1. The van der Waals surface area contributed by atoms with Crippen molar-refractivity contribution in [3.63, 3.8) is 0 Å². The van der Waals surface area contributed by atoms with Gasteiger partial charge in [-0.3, -0.25) is 29.4 Å². The zero-order valence-corrected chi connectivity index (χ0v) is 12.1. The zero-order valence-electron chi connectivity index (χ0n) is 12.1. The first-order valence-corrected chi connectivity index (χ1v) is 7.15. The lowest BCUT2D eigenvalue weighted by Gasteiger charge is -2.27. The molecule has 4 amide bonds. The van der Waals surface area contributed by atoms with Crippen LogP contribution in [0.25, 0.3) is 0 Å². The van der Waals surface area contributed by atoms with Gasteiger partial charge in [0.15, 0.2) is 0 Å². The summed E-state index contributed by atoms with van der Waals surface area (Å²) in [7, 11) is 0. The van der Waals surface area contributed by atoms with Crippen LogP contribution >= 0.6 is 0 Å². The van der Waals surface area contributed by atoms with Crippen LogP contribution in [0.15, 0.2) is 18.2 Å². The number of amides is 4. The van der Waals surface area contributed by atoms with Gasteiger partial charge in [-0.15, -0.1) is 0 Å². The molecule has 2 aliphatic heterocycles. The van der Waals surface area contributed by atoms with Crippen molar-refractivity contribution in [3.05, 3.63) is 41.3 Å². The summed E-state index contributed by atoms with van der Waals surface area (Å²) in [6.07, 6.45) is 2.96. The van der Waals surface area contributed by atoms with E-state index in [1.165, 1.54) is 0 Å². The summed E-state index contributed by atoms with van der Waals surface area (Å²) in [6.45, 7) is 1.91. The van der Waals surface area contributed by atoms with Crippen LogP contribution in [0.5, 0.6) is 0 Å². The summed E-state index contributed by atoms with van der Waals surface area (Å²) in [4.78, 5) is 49.1. The molecule has 3 rings (SSSR count). The number of benzene rings is 1. The van der Waals surface area contributed by atoms with E-state index in [4.69, 9.17) is 0 Å². The van der Waals surface area contributed by atoms with Crippen molar-refractivity contribution >= 4 is 23.6 Å². The van der Waals surface area contributed by atoms with Crippen molar-refractivity contribution in [2.45, 2.75) is 32.2 Å². The molecule has 22 heavy (non-hydrogen) atoms. The molecule has 1 atom stereocenters. The number of nitrogens with one attached hydrogen (secondary N) is 1. The van der Waals surface area contributed by atoms with Gasteiger partial charge in [0.05, 0.1) is 11.1 Å². The number of carbonyl (C=O) groups excluding carboxylic acids is 4. The van der Waals surface area contributed by atoms with Gasteiger partial charge in [0, 0.05) is 6.42 Å². The molecule has 1 unspecified atom stereocenters. The summed E-state index contributed by atoms with van der Waals surface area (Å²) in [5.41, 5.74) is 1.58. The van der Waals surface area contributed by atoms with E-state index in [9.17, 15) is 19.2 Å². The topological polar surface area (TPSA) is 83.6 Å². The molecule has 2 aliphatic rings. The maximum atomic E-state index is 12.5. The van der Waals surface area contributed by atoms with E-state index < -0.39 is 23.8 Å². The van der Waals surface area contributed by atoms with Gasteiger partial charge in [0.25, 0.3) is 11.8 Å². The van der Waals surface area contributed by atoms with Crippen molar-refractivity contribution in [2.24, 2.45) is 0 Å². The second kappa shape index (κ2) is 5.36. The first-order valence-electron chi connectivity index (χ1n) is 7.15. The first-order chi connectivity index (χ1) is 10.5. The smallest absolute Gasteiger partial charge is 0.262 e. The third-order valence-electron chi connectivity index (χ3n) is 3.94. The fraction of sp³-hybridized carbons (Fsp3) is 0.312. The first kappa shape index (κ1) is 14.4. The second-order valence-electron chi connectivity index (χ2n) is 5.44. The Hall–Kier alpha value is -2.50. The highest BCUT2D eigenvalue weighted by Crippen LogP contribution is 2.28. The van der Waals surface area contributed by atoms with Gasteiger partial charge in [-0.05, 0) is 37.0 Å². The monoisotopic (exact) mass is 299 g/mol. The lowest BCUT2D eigenvalue weighted by atomic mass is 10.0. The number of carbonyl (C=O) groups is 4. The van der Waals surface area contributed by atoms with E-state index in [-0.39, 0.29) is 18.7 Å². The van der Waals surface area contributed by atoms with Crippen LogP contribution in [-0.2, 0) is 16.0 Å². The lowest BCUT2D eigenvalue weighted by Crippen LogP contribution is -2.54. The van der Waals surface area contributed by atoms with Crippen LogP contribution in [0, 0.1) is 6.42 Å². The Morgan fingerprint density at radius 3 is 2.59 bits per heavy atom. The number of hydrogen-bond donors (Lipinski definition) is 1. The molecule has 6 heteroatoms. The summed E-state index contributed by atoms with van der Waals surface area (Å²) in [5, 5.41) is 2.18. The molecule has 0 aliphatic carbocycles. The highest BCUT2D eigenvalue weighted by Gasteiger charge is 2.44. The van der Waals surface area contributed by atoms with Crippen LogP contribution in [-0.4, -0.2) is 34.6 Å². The summed E-state index contributed by atoms with van der Waals surface area (Å²) < 4.78 is 0. The second-order valence-corrected chi connectivity index (χ2v) is 5.44. The average molecular weight is 299 g/mol. The Kier molecular flexibility index (Phi) is 3.52. The fourth-order valence-electron chi connectivity index (χ4n) is 2.88. The molecule has 1 aromatic carbocycles. The lowest BCUT2D eigenvalue weighted by molar-refractivity contribution is -0.136. The van der Waals surface area contributed by atoms with Crippen molar-refractivity contribution in [2.75, 3.05) is 0 Å². The van der Waals surface area contributed by atoms with Gasteiger partial charge in [0.2, 0.25) is 11.8 Å². The Labute approximate surface area is 127 Å². The van der Waals surface area contributed by atoms with Crippen molar-refractivity contribution in [1.29, 1.82) is 0 Å². The van der Waals surface area contributed by atoms with Crippen LogP contribution < -0.4 is 5.32 Å². The number of hydrogen-bond acceptors (Lipinski definition) is 4. The highest BCUT2D eigenvalue weighted by molar-refractivity contribution is 6.23. The van der Waals surface area contributed by atoms with Gasteiger partial charge >= 0.3 is 0 Å². The van der Waals surface area contributed by atoms with E-state index in [0.717, 1.165) is 10.5 Å². The van der Waals surface area contributed by atoms with E-state index in [1.54, 1.807) is 18.2 Å². The summed E-state index contributed by atoms with van der Waals surface area (Å²) in [5.74, 6) is -1.90. The molecule has 113 valence electrons. The number of piperidine rings is 1. The summed E-state index contributed by atoms with van der Waals surface area (Å²) >= 11 is 0. The molecule has 1 fully saturated rings. The third-order valence-corrected chi connectivity index (χ3v) is 3.94. The Morgan fingerprint density at radius 2 is 1.91 bits per heavy atom. The Morgan fingerprint density at radius 1 is 1.18 bits per heavy atom. The SMILES string of the molecule is C[CH]Cc1ccc2c(c1)C(=O)N(C1CCC(=O)NC1=O)C2=O. The van der Waals surface area contributed by atoms with E-state index in [2.05, 4.69) is 5.32 Å². The fourth-order valence-corrected chi connectivity index (χ4v) is 2.88. The maximum absolute atomic E-state index is 12.5. The highest BCUT2D eigenvalue weighted by atomic mass is 16.2. The zero-order chi connectivity index (χ0) is 15.9. The van der Waals surface area contributed by atoms with E-state index in [1.807, 2.05) is 13.3 Å². The number of rotatable bonds is 3. The minimum atomic E-state index is -0.911. The minimum Gasteiger partial charge on any atom is -0.295 e. The molecule has 0 saturated carbocycles. The minimum absolute atomic E-state index is 0.125. The molecule has 1 radical (unpaired) electrons. The Bertz CT molecular complexity index is 695. The molecule has 0 spiro atoms. The van der Waals surface area contributed by atoms with Crippen LogP contribution in [0.4, 0.5) is 0 Å². The van der Waals surface area contributed by atoms with Gasteiger partial charge in [0.1, 0.15) is 6.04 Å². The standard InChI is InChI=1S/C16H15N2O4/c1-2-3-9-4-5-10-11(8-9)16(22)18(15(10)21)12-6-7-13(19)17-14(12)20/h2,4-5,8,12H,3,6-7H2,1H3,(H,17,19,20). The quantitative estimate of drug-likeness (QED) is 0.839.